The fraction of sp³-hybridized carbons (Fsp3) is 0.556. The summed E-state index contributed by atoms with van der Waals surface area (Å²) in [6.07, 6.45) is 0.113. The molecule has 6 nitrogen and oxygen atoms in total. The summed E-state index contributed by atoms with van der Waals surface area (Å²) in [7, 11) is 0. The SMILES string of the molecule is CCc1[nH]nc(C(=O)NC[C@H](C)O)c1N. The number of carbonyl (C=O) groups is 1. The van der Waals surface area contributed by atoms with Crippen LogP contribution in [-0.4, -0.2) is 33.9 Å². The zero-order valence-electron chi connectivity index (χ0n) is 8.87. The van der Waals surface area contributed by atoms with E-state index in [1.807, 2.05) is 6.92 Å². The Balaban J connectivity index is 2.69. The van der Waals surface area contributed by atoms with E-state index in [0.29, 0.717) is 12.1 Å². The molecule has 6 heteroatoms. The van der Waals surface area contributed by atoms with Crippen LogP contribution in [0.5, 0.6) is 0 Å². The Morgan fingerprint density at radius 2 is 2.40 bits per heavy atom. The van der Waals surface area contributed by atoms with Crippen molar-refractivity contribution in [3.63, 3.8) is 0 Å². The first-order valence-electron chi connectivity index (χ1n) is 4.85. The van der Waals surface area contributed by atoms with E-state index in [0.717, 1.165) is 5.69 Å². The molecule has 0 saturated carbocycles. The van der Waals surface area contributed by atoms with Crippen LogP contribution in [0.2, 0.25) is 0 Å². The average molecular weight is 212 g/mol. The number of aliphatic hydroxyl groups is 1. The van der Waals surface area contributed by atoms with Crippen molar-refractivity contribution in [1.82, 2.24) is 15.5 Å². The number of hydrogen-bond acceptors (Lipinski definition) is 4. The highest BCUT2D eigenvalue weighted by molar-refractivity contribution is 5.97. The predicted octanol–water partition coefficient (Wildman–Crippen LogP) is -0.335. The van der Waals surface area contributed by atoms with Gasteiger partial charge in [-0.25, -0.2) is 0 Å². The number of aliphatic hydroxyl groups excluding tert-OH is 1. The molecular formula is C9H16N4O2. The van der Waals surface area contributed by atoms with Crippen LogP contribution >= 0.6 is 0 Å². The summed E-state index contributed by atoms with van der Waals surface area (Å²) in [5, 5.41) is 18.0. The van der Waals surface area contributed by atoms with E-state index in [9.17, 15) is 4.79 Å². The van der Waals surface area contributed by atoms with E-state index in [1.165, 1.54) is 0 Å². The van der Waals surface area contributed by atoms with E-state index in [2.05, 4.69) is 15.5 Å². The minimum Gasteiger partial charge on any atom is -0.395 e. The van der Waals surface area contributed by atoms with Crippen LogP contribution in [0.25, 0.3) is 0 Å². The highest BCUT2D eigenvalue weighted by Gasteiger charge is 2.16. The summed E-state index contributed by atoms with van der Waals surface area (Å²) < 4.78 is 0. The molecule has 1 rings (SSSR count). The third kappa shape index (κ3) is 2.69. The third-order valence-corrected chi connectivity index (χ3v) is 2.01. The van der Waals surface area contributed by atoms with Crippen molar-refractivity contribution < 1.29 is 9.90 Å². The summed E-state index contributed by atoms with van der Waals surface area (Å²) in [5.74, 6) is -0.371. The van der Waals surface area contributed by atoms with Crippen LogP contribution in [0.1, 0.15) is 30.0 Å². The first-order valence-corrected chi connectivity index (χ1v) is 4.85. The van der Waals surface area contributed by atoms with E-state index in [4.69, 9.17) is 10.8 Å². The number of H-pyrrole nitrogens is 1. The lowest BCUT2D eigenvalue weighted by Crippen LogP contribution is -2.31. The number of aryl methyl sites for hydroxylation is 1. The van der Waals surface area contributed by atoms with Gasteiger partial charge in [-0.3, -0.25) is 9.89 Å². The molecule has 0 aliphatic rings. The van der Waals surface area contributed by atoms with Crippen molar-refractivity contribution in [3.05, 3.63) is 11.4 Å². The van der Waals surface area contributed by atoms with Gasteiger partial charge < -0.3 is 16.2 Å². The smallest absolute Gasteiger partial charge is 0.274 e. The number of aromatic nitrogens is 2. The molecule has 1 aromatic heterocycles. The van der Waals surface area contributed by atoms with Gasteiger partial charge in [0.1, 0.15) is 0 Å². The Labute approximate surface area is 87.9 Å². The van der Waals surface area contributed by atoms with E-state index >= 15 is 0 Å². The Kier molecular flexibility index (Phi) is 3.68. The standard InChI is InChI=1S/C9H16N4O2/c1-3-6-7(10)8(13-12-6)9(15)11-4-5(2)14/h5,14H,3-4,10H2,1-2H3,(H,11,15)(H,12,13)/t5-/m0/s1. The van der Waals surface area contributed by atoms with Crippen molar-refractivity contribution in [2.24, 2.45) is 0 Å². The third-order valence-electron chi connectivity index (χ3n) is 2.01. The zero-order chi connectivity index (χ0) is 11.4. The van der Waals surface area contributed by atoms with Crippen LogP contribution in [0.15, 0.2) is 0 Å². The number of rotatable bonds is 4. The fourth-order valence-corrected chi connectivity index (χ4v) is 1.15. The molecule has 0 spiro atoms. The maximum atomic E-state index is 11.5. The van der Waals surface area contributed by atoms with E-state index in [1.54, 1.807) is 6.92 Å². The molecule has 0 aliphatic heterocycles. The van der Waals surface area contributed by atoms with Gasteiger partial charge in [0.2, 0.25) is 0 Å². The van der Waals surface area contributed by atoms with Crippen molar-refractivity contribution >= 4 is 11.6 Å². The molecule has 1 amide bonds. The molecule has 0 unspecified atom stereocenters. The number of carbonyl (C=O) groups excluding carboxylic acids is 1. The van der Waals surface area contributed by atoms with Crippen molar-refractivity contribution in [3.8, 4) is 0 Å². The second kappa shape index (κ2) is 4.79. The molecule has 15 heavy (non-hydrogen) atoms. The highest BCUT2D eigenvalue weighted by atomic mass is 16.3. The molecule has 0 fully saturated rings. The number of aromatic amines is 1. The highest BCUT2D eigenvalue weighted by Crippen LogP contribution is 2.13. The van der Waals surface area contributed by atoms with Crippen molar-refractivity contribution in [2.45, 2.75) is 26.4 Å². The molecule has 0 bridgehead atoms. The Bertz CT molecular complexity index is 346. The van der Waals surface area contributed by atoms with E-state index in [-0.39, 0.29) is 18.1 Å². The summed E-state index contributed by atoms with van der Waals surface area (Å²) >= 11 is 0. The lowest BCUT2D eigenvalue weighted by atomic mass is 10.2. The van der Waals surface area contributed by atoms with Gasteiger partial charge in [-0.15, -0.1) is 0 Å². The number of nitrogen functional groups attached to an aromatic ring is 1. The van der Waals surface area contributed by atoms with Crippen LogP contribution < -0.4 is 11.1 Å². The van der Waals surface area contributed by atoms with Gasteiger partial charge in [0.25, 0.3) is 5.91 Å². The van der Waals surface area contributed by atoms with Crippen molar-refractivity contribution in [2.75, 3.05) is 12.3 Å². The molecule has 5 N–H and O–H groups in total. The van der Waals surface area contributed by atoms with Crippen LogP contribution in [0.3, 0.4) is 0 Å². The lowest BCUT2D eigenvalue weighted by molar-refractivity contribution is 0.0920. The Morgan fingerprint density at radius 1 is 1.73 bits per heavy atom. The van der Waals surface area contributed by atoms with Gasteiger partial charge in [-0.2, -0.15) is 5.10 Å². The summed E-state index contributed by atoms with van der Waals surface area (Å²) in [4.78, 5) is 11.5. The fourth-order valence-electron chi connectivity index (χ4n) is 1.15. The van der Waals surface area contributed by atoms with E-state index < -0.39 is 6.10 Å². The number of nitrogens with zero attached hydrogens (tertiary/aromatic N) is 1. The molecular weight excluding hydrogens is 196 g/mol. The number of hydrogen-bond donors (Lipinski definition) is 4. The summed E-state index contributed by atoms with van der Waals surface area (Å²) in [5.41, 5.74) is 7.01. The molecule has 0 saturated heterocycles. The first kappa shape index (κ1) is 11.5. The van der Waals surface area contributed by atoms with Gasteiger partial charge >= 0.3 is 0 Å². The van der Waals surface area contributed by atoms with Crippen molar-refractivity contribution in [1.29, 1.82) is 0 Å². The molecule has 1 aromatic rings. The summed E-state index contributed by atoms with van der Waals surface area (Å²) in [6.45, 7) is 3.69. The second-order valence-electron chi connectivity index (χ2n) is 3.38. The van der Waals surface area contributed by atoms with Gasteiger partial charge in [-0.05, 0) is 13.3 Å². The molecule has 0 aromatic carbocycles. The number of amides is 1. The van der Waals surface area contributed by atoms with Gasteiger partial charge in [0.05, 0.1) is 17.5 Å². The normalized spacial score (nSPS) is 12.5. The van der Waals surface area contributed by atoms with Crippen LogP contribution in [0.4, 0.5) is 5.69 Å². The summed E-state index contributed by atoms with van der Waals surface area (Å²) in [6, 6.07) is 0. The monoisotopic (exact) mass is 212 g/mol. The maximum absolute atomic E-state index is 11.5. The van der Waals surface area contributed by atoms with Crippen LogP contribution in [0, 0.1) is 0 Å². The number of nitrogens with one attached hydrogen (secondary N) is 2. The number of anilines is 1. The largest absolute Gasteiger partial charge is 0.395 e. The molecule has 84 valence electrons. The average Bonchev–Trinajstić information content (AvgIpc) is 2.56. The number of nitrogens with two attached hydrogens (primary N) is 1. The molecule has 1 atom stereocenters. The second-order valence-corrected chi connectivity index (χ2v) is 3.38. The molecule has 0 radical (unpaired) electrons. The zero-order valence-corrected chi connectivity index (χ0v) is 8.87. The Morgan fingerprint density at radius 3 is 2.87 bits per heavy atom. The van der Waals surface area contributed by atoms with Gasteiger partial charge in [0, 0.05) is 6.54 Å². The maximum Gasteiger partial charge on any atom is 0.274 e. The Hall–Kier alpha value is -1.56. The minimum absolute atomic E-state index is 0.187. The molecule has 1 heterocycles. The minimum atomic E-state index is -0.584. The molecule has 0 aliphatic carbocycles. The van der Waals surface area contributed by atoms with Gasteiger partial charge in [0.15, 0.2) is 5.69 Å². The first-order chi connectivity index (χ1) is 7.06. The topological polar surface area (TPSA) is 104 Å². The van der Waals surface area contributed by atoms with Crippen LogP contribution in [-0.2, 0) is 6.42 Å². The van der Waals surface area contributed by atoms with Gasteiger partial charge in [-0.1, -0.05) is 6.92 Å². The quantitative estimate of drug-likeness (QED) is 0.548. The lowest BCUT2D eigenvalue weighted by Gasteiger charge is -2.05. The predicted molar refractivity (Wildman–Crippen MR) is 56.4 cm³/mol.